The van der Waals surface area contributed by atoms with E-state index in [2.05, 4.69) is 50.3 Å². The van der Waals surface area contributed by atoms with Crippen molar-refractivity contribution in [2.45, 2.75) is 38.0 Å². The topological polar surface area (TPSA) is 91.5 Å². The van der Waals surface area contributed by atoms with Gasteiger partial charge >= 0.3 is 0 Å². The first-order valence-corrected chi connectivity index (χ1v) is 13.0. The number of aryl methyl sites for hydroxylation is 2. The molecule has 1 aromatic carbocycles. The summed E-state index contributed by atoms with van der Waals surface area (Å²) in [6.45, 7) is 7.94. The number of nitrogens with zero attached hydrogens (tertiary/aromatic N) is 4. The van der Waals surface area contributed by atoms with Crippen LogP contribution in [0.3, 0.4) is 0 Å². The predicted molar refractivity (Wildman–Crippen MR) is 147 cm³/mol. The molecule has 0 spiro atoms. The SMILES string of the molecule is C=C(N=C(c1c(N)cncc1C1CC1)N1CCNCC1)c1ccnc(Nc2ccc3c(c2)CCC3)c1. The van der Waals surface area contributed by atoms with Crippen LogP contribution in [0.25, 0.3) is 5.70 Å². The Morgan fingerprint density at radius 1 is 1.08 bits per heavy atom. The third-order valence-corrected chi connectivity index (χ3v) is 7.37. The lowest BCUT2D eigenvalue weighted by atomic mass is 10.0. The molecule has 6 rings (SSSR count). The molecule has 36 heavy (non-hydrogen) atoms. The maximum absolute atomic E-state index is 6.52. The molecule has 0 unspecified atom stereocenters. The molecule has 2 fully saturated rings. The Labute approximate surface area is 212 Å². The molecule has 2 aromatic heterocycles. The Bertz CT molecular complexity index is 1320. The Hall–Kier alpha value is -3.71. The number of nitrogens with two attached hydrogens (primary N) is 1. The first kappa shape index (κ1) is 22.7. The zero-order valence-electron chi connectivity index (χ0n) is 20.6. The second-order valence-corrected chi connectivity index (χ2v) is 9.98. The number of nitrogens with one attached hydrogen (secondary N) is 2. The third-order valence-electron chi connectivity index (χ3n) is 7.37. The van der Waals surface area contributed by atoms with Gasteiger partial charge in [-0.05, 0) is 79.0 Å². The van der Waals surface area contributed by atoms with E-state index in [1.54, 1.807) is 6.20 Å². The van der Waals surface area contributed by atoms with Gasteiger partial charge in [-0.25, -0.2) is 9.98 Å². The number of rotatable bonds is 6. The fraction of sp³-hybridized carbons (Fsp3) is 0.345. The number of aliphatic imine (C=N–C) groups is 1. The van der Waals surface area contributed by atoms with Gasteiger partial charge in [-0.3, -0.25) is 4.98 Å². The Morgan fingerprint density at radius 2 is 1.92 bits per heavy atom. The Balaban J connectivity index is 1.32. The summed E-state index contributed by atoms with van der Waals surface area (Å²) in [4.78, 5) is 16.4. The van der Waals surface area contributed by atoms with Crippen LogP contribution in [0.15, 0.2) is 60.5 Å². The molecule has 1 saturated carbocycles. The molecular weight excluding hydrogens is 446 g/mol. The summed E-state index contributed by atoms with van der Waals surface area (Å²) in [6, 6.07) is 10.6. The van der Waals surface area contributed by atoms with Crippen LogP contribution in [0.1, 0.15) is 53.0 Å². The van der Waals surface area contributed by atoms with Gasteiger partial charge < -0.3 is 21.3 Å². The van der Waals surface area contributed by atoms with Gasteiger partial charge in [-0.15, -0.1) is 0 Å². The van der Waals surface area contributed by atoms with Crippen molar-refractivity contribution in [1.29, 1.82) is 0 Å². The van der Waals surface area contributed by atoms with E-state index in [0.29, 0.717) is 17.3 Å². The van der Waals surface area contributed by atoms with Crippen molar-refractivity contribution >= 4 is 28.7 Å². The zero-order valence-corrected chi connectivity index (χ0v) is 20.6. The molecule has 1 aliphatic heterocycles. The number of hydrogen-bond acceptors (Lipinski definition) is 6. The maximum Gasteiger partial charge on any atom is 0.139 e. The highest BCUT2D eigenvalue weighted by Crippen LogP contribution is 2.43. The zero-order chi connectivity index (χ0) is 24.5. The predicted octanol–water partition coefficient (Wildman–Crippen LogP) is 4.49. The molecule has 3 heterocycles. The first-order chi connectivity index (χ1) is 17.7. The van der Waals surface area contributed by atoms with Crippen molar-refractivity contribution in [3.8, 4) is 0 Å². The van der Waals surface area contributed by atoms with Crippen LogP contribution in [-0.4, -0.2) is 46.9 Å². The third kappa shape index (κ3) is 4.71. The van der Waals surface area contributed by atoms with E-state index in [0.717, 1.165) is 61.1 Å². The van der Waals surface area contributed by atoms with Crippen molar-refractivity contribution in [2.75, 3.05) is 37.2 Å². The number of amidine groups is 1. The van der Waals surface area contributed by atoms with E-state index in [1.807, 2.05) is 24.5 Å². The fourth-order valence-corrected chi connectivity index (χ4v) is 5.29. The standard InChI is InChI=1S/C29H33N7/c1-19(22-9-10-33-27(16-22)35-24-8-7-20-3-2-4-23(20)15-24)34-29(36-13-11-31-12-14-36)28-25(21-5-6-21)17-32-18-26(28)30/h7-10,15-18,21,31H,1-6,11-14,30H2,(H,33,35). The second kappa shape index (κ2) is 9.74. The molecule has 1 saturated heterocycles. The highest BCUT2D eigenvalue weighted by Gasteiger charge is 2.31. The van der Waals surface area contributed by atoms with Gasteiger partial charge in [0.05, 0.1) is 17.6 Å². The van der Waals surface area contributed by atoms with Gasteiger partial charge in [-0.2, -0.15) is 0 Å². The van der Waals surface area contributed by atoms with Gasteiger partial charge in [0, 0.05) is 55.4 Å². The number of fused-ring (bicyclic) bond motifs is 1. The van der Waals surface area contributed by atoms with E-state index in [-0.39, 0.29) is 0 Å². The van der Waals surface area contributed by atoms with Crippen LogP contribution in [-0.2, 0) is 12.8 Å². The van der Waals surface area contributed by atoms with E-state index < -0.39 is 0 Å². The van der Waals surface area contributed by atoms with Crippen molar-refractivity contribution in [3.05, 3.63) is 83.3 Å². The highest BCUT2D eigenvalue weighted by atomic mass is 15.2. The monoisotopic (exact) mass is 479 g/mol. The molecule has 0 bridgehead atoms. The Morgan fingerprint density at radius 3 is 2.75 bits per heavy atom. The van der Waals surface area contributed by atoms with Crippen LogP contribution in [0.2, 0.25) is 0 Å². The lowest BCUT2D eigenvalue weighted by Gasteiger charge is -2.32. The largest absolute Gasteiger partial charge is 0.397 e. The van der Waals surface area contributed by atoms with E-state index >= 15 is 0 Å². The summed E-state index contributed by atoms with van der Waals surface area (Å²) in [5.41, 5.74) is 15.0. The average Bonchev–Trinajstić information content (AvgIpc) is 3.65. The minimum Gasteiger partial charge on any atom is -0.397 e. The van der Waals surface area contributed by atoms with Gasteiger partial charge in [-0.1, -0.05) is 12.6 Å². The smallest absolute Gasteiger partial charge is 0.139 e. The van der Waals surface area contributed by atoms with Gasteiger partial charge in [0.25, 0.3) is 0 Å². The lowest BCUT2D eigenvalue weighted by Crippen LogP contribution is -2.47. The first-order valence-electron chi connectivity index (χ1n) is 13.0. The summed E-state index contributed by atoms with van der Waals surface area (Å²) >= 11 is 0. The van der Waals surface area contributed by atoms with Crippen LogP contribution >= 0.6 is 0 Å². The van der Waals surface area contributed by atoms with Gasteiger partial charge in [0.1, 0.15) is 11.7 Å². The number of hydrogen-bond donors (Lipinski definition) is 3. The van der Waals surface area contributed by atoms with Crippen LogP contribution < -0.4 is 16.4 Å². The second-order valence-electron chi connectivity index (χ2n) is 9.98. The average molecular weight is 480 g/mol. The van der Waals surface area contributed by atoms with Crippen LogP contribution in [0.4, 0.5) is 17.2 Å². The summed E-state index contributed by atoms with van der Waals surface area (Å²) in [5, 5.41) is 6.91. The minimum atomic E-state index is 0.515. The molecule has 0 radical (unpaired) electrons. The number of piperazine rings is 1. The van der Waals surface area contributed by atoms with E-state index in [1.165, 1.54) is 42.4 Å². The number of aromatic nitrogens is 2. The quantitative estimate of drug-likeness (QED) is 0.356. The molecule has 2 aliphatic carbocycles. The molecule has 0 amide bonds. The van der Waals surface area contributed by atoms with Gasteiger partial charge in [0.15, 0.2) is 0 Å². The summed E-state index contributed by atoms with van der Waals surface area (Å²) in [6.07, 6.45) is 11.4. The van der Waals surface area contributed by atoms with Crippen molar-refractivity contribution in [2.24, 2.45) is 4.99 Å². The summed E-state index contributed by atoms with van der Waals surface area (Å²) in [7, 11) is 0. The van der Waals surface area contributed by atoms with Crippen molar-refractivity contribution < 1.29 is 0 Å². The molecule has 4 N–H and O–H groups in total. The minimum absolute atomic E-state index is 0.515. The maximum atomic E-state index is 6.52. The molecular formula is C29H33N7. The number of nitrogen functional groups attached to an aromatic ring is 1. The molecule has 3 aromatic rings. The molecule has 7 nitrogen and oxygen atoms in total. The van der Waals surface area contributed by atoms with E-state index in [4.69, 9.17) is 10.7 Å². The Kier molecular flexibility index (Phi) is 6.15. The molecule has 184 valence electrons. The normalized spacial score (nSPS) is 17.7. The van der Waals surface area contributed by atoms with Crippen LogP contribution in [0.5, 0.6) is 0 Å². The van der Waals surface area contributed by atoms with Crippen molar-refractivity contribution in [3.63, 3.8) is 0 Å². The molecule has 3 aliphatic rings. The number of pyridine rings is 2. The van der Waals surface area contributed by atoms with Crippen molar-refractivity contribution in [1.82, 2.24) is 20.2 Å². The van der Waals surface area contributed by atoms with Gasteiger partial charge in [0.2, 0.25) is 0 Å². The fourth-order valence-electron chi connectivity index (χ4n) is 5.29. The number of anilines is 3. The van der Waals surface area contributed by atoms with E-state index in [9.17, 15) is 0 Å². The highest BCUT2D eigenvalue weighted by molar-refractivity contribution is 6.06. The number of benzene rings is 1. The lowest BCUT2D eigenvalue weighted by molar-refractivity contribution is 0.358. The summed E-state index contributed by atoms with van der Waals surface area (Å²) in [5.74, 6) is 2.20. The van der Waals surface area contributed by atoms with Crippen LogP contribution in [0, 0.1) is 0 Å². The summed E-state index contributed by atoms with van der Waals surface area (Å²) < 4.78 is 0. The molecule has 0 atom stereocenters. The molecule has 7 heteroatoms.